The van der Waals surface area contributed by atoms with Gasteiger partial charge in [-0.25, -0.2) is 4.79 Å². The van der Waals surface area contributed by atoms with Crippen LogP contribution in [-0.4, -0.2) is 40.9 Å². The van der Waals surface area contributed by atoms with E-state index in [-0.39, 0.29) is 18.2 Å². The highest BCUT2D eigenvalue weighted by atomic mass is 16.6. The summed E-state index contributed by atoms with van der Waals surface area (Å²) in [4.78, 5) is 13.7. The molecule has 2 aliphatic heterocycles. The first-order valence-electron chi connectivity index (χ1n) is 9.87. The molecule has 0 aromatic carbocycles. The Bertz CT molecular complexity index is 348. The van der Waals surface area contributed by atoms with Crippen molar-refractivity contribution in [3.63, 3.8) is 0 Å². The van der Waals surface area contributed by atoms with E-state index in [2.05, 4.69) is 6.92 Å². The van der Waals surface area contributed by atoms with Gasteiger partial charge in [-0.15, -0.1) is 0 Å². The van der Waals surface area contributed by atoms with Gasteiger partial charge in [0, 0.05) is 6.04 Å². The Kier molecular flexibility index (Phi) is 8.21. The SMILES string of the molecule is CCCCCCCCCCCC[C@H]1CC[C@@H](O)[C@H]2COC(=O)N12. The lowest BCUT2D eigenvalue weighted by molar-refractivity contribution is 0.0200. The predicted octanol–water partition coefficient (Wildman–Crippen LogP) is 4.64. The second kappa shape index (κ2) is 10.2. The van der Waals surface area contributed by atoms with Crippen LogP contribution in [0.2, 0.25) is 0 Å². The van der Waals surface area contributed by atoms with E-state index in [1.54, 1.807) is 0 Å². The molecule has 2 fully saturated rings. The van der Waals surface area contributed by atoms with Crippen LogP contribution in [0.15, 0.2) is 0 Å². The normalized spacial score (nSPS) is 27.1. The van der Waals surface area contributed by atoms with Crippen LogP contribution in [0.5, 0.6) is 0 Å². The molecule has 0 spiro atoms. The summed E-state index contributed by atoms with van der Waals surface area (Å²) in [5.41, 5.74) is 0. The topological polar surface area (TPSA) is 49.8 Å². The lowest BCUT2D eigenvalue weighted by Gasteiger charge is -2.38. The van der Waals surface area contributed by atoms with Crippen LogP contribution < -0.4 is 0 Å². The van der Waals surface area contributed by atoms with E-state index in [9.17, 15) is 9.90 Å². The third-order valence-electron chi connectivity index (χ3n) is 5.47. The number of carbonyl (C=O) groups is 1. The maximum Gasteiger partial charge on any atom is 0.410 e. The zero-order chi connectivity index (χ0) is 16.5. The Labute approximate surface area is 141 Å². The molecule has 0 saturated carbocycles. The average Bonchev–Trinajstić information content (AvgIpc) is 2.94. The molecule has 0 radical (unpaired) electrons. The van der Waals surface area contributed by atoms with Gasteiger partial charge in [-0.05, 0) is 19.3 Å². The minimum absolute atomic E-state index is 0.0932. The summed E-state index contributed by atoms with van der Waals surface area (Å²) in [7, 11) is 0. The van der Waals surface area contributed by atoms with Gasteiger partial charge in [0.1, 0.15) is 6.61 Å². The molecular formula is C19H35NO3. The number of aliphatic hydroxyl groups excluding tert-OH is 1. The second-order valence-corrected chi connectivity index (χ2v) is 7.32. The van der Waals surface area contributed by atoms with Gasteiger partial charge in [0.2, 0.25) is 0 Å². The van der Waals surface area contributed by atoms with E-state index in [1.807, 2.05) is 4.90 Å². The summed E-state index contributed by atoms with van der Waals surface area (Å²) in [6, 6.07) is 0.191. The van der Waals surface area contributed by atoms with Crippen molar-refractivity contribution < 1.29 is 14.6 Å². The number of rotatable bonds is 11. The van der Waals surface area contributed by atoms with Gasteiger partial charge in [0.05, 0.1) is 12.1 Å². The molecule has 2 aliphatic rings. The van der Waals surface area contributed by atoms with Crippen molar-refractivity contribution in [2.45, 2.75) is 109 Å². The van der Waals surface area contributed by atoms with Crippen LogP contribution in [0.3, 0.4) is 0 Å². The minimum Gasteiger partial charge on any atom is -0.447 e. The lowest BCUT2D eigenvalue weighted by Crippen LogP contribution is -2.52. The molecule has 2 rings (SSSR count). The number of hydrogen-bond donors (Lipinski definition) is 1. The summed E-state index contributed by atoms with van der Waals surface area (Å²) in [5.74, 6) is 0. The molecule has 23 heavy (non-hydrogen) atoms. The Morgan fingerprint density at radius 2 is 1.61 bits per heavy atom. The third-order valence-corrected chi connectivity index (χ3v) is 5.47. The molecule has 0 aromatic heterocycles. The van der Waals surface area contributed by atoms with Gasteiger partial charge in [-0.3, -0.25) is 4.90 Å². The third kappa shape index (κ3) is 5.66. The summed E-state index contributed by atoms with van der Waals surface area (Å²) >= 11 is 0. The quantitative estimate of drug-likeness (QED) is 0.563. The molecule has 1 N–H and O–H groups in total. The van der Waals surface area contributed by atoms with Crippen LogP contribution in [-0.2, 0) is 4.74 Å². The minimum atomic E-state index is -0.398. The average molecular weight is 325 g/mol. The van der Waals surface area contributed by atoms with Gasteiger partial charge in [-0.1, -0.05) is 71.1 Å². The Morgan fingerprint density at radius 3 is 2.26 bits per heavy atom. The van der Waals surface area contributed by atoms with Gasteiger partial charge >= 0.3 is 6.09 Å². The van der Waals surface area contributed by atoms with Crippen molar-refractivity contribution in [1.29, 1.82) is 0 Å². The van der Waals surface area contributed by atoms with Crippen molar-refractivity contribution in [2.24, 2.45) is 0 Å². The number of carbonyl (C=O) groups excluding carboxylic acids is 1. The molecule has 0 aromatic rings. The maximum absolute atomic E-state index is 11.8. The number of aliphatic hydroxyl groups is 1. The van der Waals surface area contributed by atoms with E-state index in [0.29, 0.717) is 6.61 Å². The van der Waals surface area contributed by atoms with Crippen molar-refractivity contribution >= 4 is 6.09 Å². The van der Waals surface area contributed by atoms with Gasteiger partial charge in [0.15, 0.2) is 0 Å². The molecular weight excluding hydrogens is 290 g/mol. The first kappa shape index (κ1) is 18.6. The number of unbranched alkanes of at least 4 members (excludes halogenated alkanes) is 9. The smallest absolute Gasteiger partial charge is 0.410 e. The predicted molar refractivity (Wildman–Crippen MR) is 92.5 cm³/mol. The van der Waals surface area contributed by atoms with E-state index in [1.165, 1.54) is 64.2 Å². The van der Waals surface area contributed by atoms with E-state index in [4.69, 9.17) is 4.74 Å². The summed E-state index contributed by atoms with van der Waals surface area (Å²) in [6.45, 7) is 2.63. The molecule has 2 heterocycles. The van der Waals surface area contributed by atoms with Crippen molar-refractivity contribution in [3.8, 4) is 0 Å². The molecule has 3 atom stereocenters. The monoisotopic (exact) mass is 325 g/mol. The zero-order valence-corrected chi connectivity index (χ0v) is 14.8. The van der Waals surface area contributed by atoms with Gasteiger partial charge in [-0.2, -0.15) is 0 Å². The van der Waals surface area contributed by atoms with Gasteiger partial charge in [0.25, 0.3) is 0 Å². The highest BCUT2D eigenvalue weighted by Gasteiger charge is 2.44. The van der Waals surface area contributed by atoms with Crippen LogP contribution >= 0.6 is 0 Å². The highest BCUT2D eigenvalue weighted by molar-refractivity contribution is 5.70. The number of cyclic esters (lactones) is 1. The molecule has 0 bridgehead atoms. The molecule has 4 heteroatoms. The summed E-state index contributed by atoms with van der Waals surface area (Å²) < 4.78 is 5.13. The Morgan fingerprint density at radius 1 is 1.00 bits per heavy atom. The standard InChI is InChI=1S/C19H35NO3/c1-2-3-4-5-6-7-8-9-10-11-12-16-13-14-18(21)17-15-23-19(22)20(16)17/h16-18,21H,2-15H2,1H3/t16-,17+,18+/m0/s1. The fourth-order valence-electron chi connectivity index (χ4n) is 4.01. The molecule has 0 unspecified atom stereocenters. The van der Waals surface area contributed by atoms with Crippen LogP contribution in [0.4, 0.5) is 4.79 Å². The number of nitrogens with zero attached hydrogens (tertiary/aromatic N) is 1. The van der Waals surface area contributed by atoms with Crippen LogP contribution in [0.25, 0.3) is 0 Å². The molecule has 134 valence electrons. The molecule has 4 nitrogen and oxygen atoms in total. The van der Waals surface area contributed by atoms with Crippen molar-refractivity contribution in [1.82, 2.24) is 4.90 Å². The second-order valence-electron chi connectivity index (χ2n) is 7.32. The Hall–Kier alpha value is -0.770. The first-order chi connectivity index (χ1) is 11.2. The van der Waals surface area contributed by atoms with Crippen molar-refractivity contribution in [3.05, 3.63) is 0 Å². The van der Waals surface area contributed by atoms with E-state index < -0.39 is 6.10 Å². The van der Waals surface area contributed by atoms with Crippen LogP contribution in [0.1, 0.15) is 90.4 Å². The fourth-order valence-corrected chi connectivity index (χ4v) is 4.01. The van der Waals surface area contributed by atoms with E-state index in [0.717, 1.165) is 19.3 Å². The molecule has 2 saturated heterocycles. The zero-order valence-electron chi connectivity index (χ0n) is 14.8. The summed E-state index contributed by atoms with van der Waals surface area (Å²) in [5, 5.41) is 9.99. The number of ether oxygens (including phenoxy) is 1. The first-order valence-corrected chi connectivity index (χ1v) is 9.87. The highest BCUT2D eigenvalue weighted by Crippen LogP contribution is 2.31. The molecule has 1 amide bonds. The largest absolute Gasteiger partial charge is 0.447 e. The summed E-state index contributed by atoms with van der Waals surface area (Å²) in [6.07, 6.45) is 15.6. The Balaban J connectivity index is 1.52. The van der Waals surface area contributed by atoms with Crippen molar-refractivity contribution in [2.75, 3.05) is 6.61 Å². The maximum atomic E-state index is 11.8. The van der Waals surface area contributed by atoms with E-state index >= 15 is 0 Å². The van der Waals surface area contributed by atoms with Gasteiger partial charge < -0.3 is 9.84 Å². The number of piperidine rings is 1. The number of amides is 1. The lowest BCUT2D eigenvalue weighted by atomic mass is 9.91. The fraction of sp³-hybridized carbons (Fsp3) is 0.947. The number of hydrogen-bond acceptors (Lipinski definition) is 3. The molecule has 0 aliphatic carbocycles. The van der Waals surface area contributed by atoms with Crippen LogP contribution in [0, 0.1) is 0 Å². The number of fused-ring (bicyclic) bond motifs is 1.